The van der Waals surface area contributed by atoms with Gasteiger partial charge in [0.15, 0.2) is 5.82 Å². The molecule has 2 aromatic carbocycles. The van der Waals surface area contributed by atoms with Crippen molar-refractivity contribution in [2.24, 2.45) is 0 Å². The Morgan fingerprint density at radius 2 is 1.77 bits per heavy atom. The van der Waals surface area contributed by atoms with Gasteiger partial charge in [0.25, 0.3) is 0 Å². The van der Waals surface area contributed by atoms with Crippen molar-refractivity contribution in [2.45, 2.75) is 26.4 Å². The van der Waals surface area contributed by atoms with E-state index in [-0.39, 0.29) is 5.91 Å². The first kappa shape index (κ1) is 20.9. The summed E-state index contributed by atoms with van der Waals surface area (Å²) in [6.07, 6.45) is 0. The molecule has 2 N–H and O–H groups in total. The van der Waals surface area contributed by atoms with Crippen molar-refractivity contribution in [2.75, 3.05) is 41.7 Å². The Morgan fingerprint density at radius 1 is 1.06 bits per heavy atom. The molecule has 0 aliphatic carbocycles. The van der Waals surface area contributed by atoms with Gasteiger partial charge in [-0.3, -0.25) is 9.69 Å². The molecule has 31 heavy (non-hydrogen) atoms. The Labute approximate surface area is 183 Å². The highest BCUT2D eigenvalue weighted by Gasteiger charge is 2.18. The van der Waals surface area contributed by atoms with Gasteiger partial charge in [-0.2, -0.15) is 0 Å². The van der Waals surface area contributed by atoms with E-state index in [0.717, 1.165) is 38.4 Å². The molecular formula is C24H29N5O2. The number of benzene rings is 2. The van der Waals surface area contributed by atoms with Crippen molar-refractivity contribution >= 4 is 23.1 Å². The van der Waals surface area contributed by atoms with Crippen molar-refractivity contribution in [3.63, 3.8) is 0 Å². The molecule has 1 aromatic heterocycles. The maximum atomic E-state index is 12.3. The number of nitrogens with zero attached hydrogens (tertiary/aromatic N) is 3. The van der Waals surface area contributed by atoms with E-state index in [1.165, 1.54) is 11.3 Å². The third-order valence-electron chi connectivity index (χ3n) is 5.51. The second-order valence-corrected chi connectivity index (χ2v) is 7.97. The van der Waals surface area contributed by atoms with Crippen molar-refractivity contribution in [1.82, 2.24) is 10.1 Å². The molecule has 4 rings (SSSR count). The van der Waals surface area contributed by atoms with Gasteiger partial charge in [0, 0.05) is 50.2 Å². The number of anilines is 3. The van der Waals surface area contributed by atoms with Crippen LogP contribution in [-0.4, -0.2) is 48.2 Å². The van der Waals surface area contributed by atoms with Crippen LogP contribution in [-0.2, 0) is 11.3 Å². The maximum absolute atomic E-state index is 12.3. The fraction of sp³-hybridized carbons (Fsp3) is 0.333. The molecule has 1 aliphatic rings. The second kappa shape index (κ2) is 9.66. The third-order valence-corrected chi connectivity index (χ3v) is 5.51. The first-order chi connectivity index (χ1) is 15.1. The van der Waals surface area contributed by atoms with Crippen LogP contribution >= 0.6 is 0 Å². The van der Waals surface area contributed by atoms with Crippen LogP contribution in [0.4, 0.5) is 17.2 Å². The lowest BCUT2D eigenvalue weighted by Crippen LogP contribution is -2.45. The van der Waals surface area contributed by atoms with Crippen LogP contribution < -0.4 is 15.5 Å². The minimum absolute atomic E-state index is 0.160. The molecule has 162 valence electrons. The number of aromatic nitrogens is 1. The first-order valence-corrected chi connectivity index (χ1v) is 10.7. The molecule has 1 fully saturated rings. The number of amides is 1. The fourth-order valence-corrected chi connectivity index (χ4v) is 3.75. The van der Waals surface area contributed by atoms with E-state index in [9.17, 15) is 4.79 Å². The summed E-state index contributed by atoms with van der Waals surface area (Å²) in [4.78, 5) is 17.2. The summed E-state index contributed by atoms with van der Waals surface area (Å²) in [6.45, 7) is 8.73. The molecule has 1 saturated heterocycles. The summed E-state index contributed by atoms with van der Waals surface area (Å²) < 4.78 is 4.98. The van der Waals surface area contributed by atoms with Gasteiger partial charge < -0.3 is 20.1 Å². The molecule has 2 heterocycles. The predicted octanol–water partition coefficient (Wildman–Crippen LogP) is 3.74. The maximum Gasteiger partial charge on any atom is 0.247 e. The Kier molecular flexibility index (Phi) is 6.52. The number of hydrogen-bond donors (Lipinski definition) is 2. The van der Waals surface area contributed by atoms with E-state index in [4.69, 9.17) is 4.52 Å². The highest BCUT2D eigenvalue weighted by atomic mass is 16.5. The number of carbonyl (C=O) groups is 1. The summed E-state index contributed by atoms with van der Waals surface area (Å²) >= 11 is 0. The molecule has 1 unspecified atom stereocenters. The lowest BCUT2D eigenvalue weighted by Gasteiger charge is -2.36. The summed E-state index contributed by atoms with van der Waals surface area (Å²) in [5.41, 5.74) is 3.48. The van der Waals surface area contributed by atoms with Gasteiger partial charge in [-0.1, -0.05) is 35.5 Å². The Morgan fingerprint density at radius 3 is 2.42 bits per heavy atom. The Balaban J connectivity index is 1.26. The molecular weight excluding hydrogens is 390 g/mol. The highest BCUT2D eigenvalue weighted by Crippen LogP contribution is 2.21. The first-order valence-electron chi connectivity index (χ1n) is 10.7. The normalized spacial score (nSPS) is 15.5. The summed E-state index contributed by atoms with van der Waals surface area (Å²) in [5, 5.41) is 9.78. The number of nitrogens with one attached hydrogen (secondary N) is 2. The lowest BCUT2D eigenvalue weighted by atomic mass is 10.2. The zero-order valence-electron chi connectivity index (χ0n) is 18.0. The van der Waals surface area contributed by atoms with Gasteiger partial charge in [0.05, 0.1) is 0 Å². The molecule has 1 atom stereocenters. The van der Waals surface area contributed by atoms with Crippen molar-refractivity contribution < 1.29 is 9.32 Å². The van der Waals surface area contributed by atoms with E-state index >= 15 is 0 Å². The van der Waals surface area contributed by atoms with Gasteiger partial charge in [0.1, 0.15) is 11.8 Å². The Hall–Kier alpha value is -3.32. The molecule has 1 amide bonds. The molecule has 0 radical (unpaired) electrons. The number of carbonyl (C=O) groups excluding carboxylic acids is 1. The Bertz CT molecular complexity index is 979. The van der Waals surface area contributed by atoms with E-state index in [0.29, 0.717) is 11.6 Å². The molecule has 1 aliphatic heterocycles. The largest absolute Gasteiger partial charge is 0.374 e. The van der Waals surface area contributed by atoms with Gasteiger partial charge in [-0.25, -0.2) is 0 Å². The summed E-state index contributed by atoms with van der Waals surface area (Å²) in [5.74, 6) is 0.928. The molecule has 0 bridgehead atoms. The average molecular weight is 420 g/mol. The SMILES string of the molecule is Cc1cc(NC(=O)C(C)Nc2ccc(N3CCN(Cc4ccccc4)CC3)cc2)no1. The van der Waals surface area contributed by atoms with Crippen LogP contribution in [0.25, 0.3) is 0 Å². The molecule has 3 aromatic rings. The smallest absolute Gasteiger partial charge is 0.247 e. The minimum atomic E-state index is -0.399. The van der Waals surface area contributed by atoms with Gasteiger partial charge in [-0.05, 0) is 43.7 Å². The van der Waals surface area contributed by atoms with Crippen LogP contribution in [0, 0.1) is 6.92 Å². The summed E-state index contributed by atoms with van der Waals surface area (Å²) in [6, 6.07) is 20.2. The van der Waals surface area contributed by atoms with Crippen LogP contribution in [0.2, 0.25) is 0 Å². The van der Waals surface area contributed by atoms with Crippen molar-refractivity contribution in [1.29, 1.82) is 0 Å². The number of rotatable bonds is 7. The number of piperazine rings is 1. The average Bonchev–Trinajstić information content (AvgIpc) is 3.20. The van der Waals surface area contributed by atoms with Gasteiger partial charge in [0.2, 0.25) is 5.91 Å². The van der Waals surface area contributed by atoms with E-state index in [2.05, 4.69) is 68.1 Å². The predicted molar refractivity (Wildman–Crippen MR) is 123 cm³/mol. The minimum Gasteiger partial charge on any atom is -0.374 e. The van der Waals surface area contributed by atoms with Crippen LogP contribution in [0.5, 0.6) is 0 Å². The van der Waals surface area contributed by atoms with Gasteiger partial charge >= 0.3 is 0 Å². The third kappa shape index (κ3) is 5.64. The topological polar surface area (TPSA) is 73.6 Å². The van der Waals surface area contributed by atoms with Crippen molar-refractivity contribution in [3.05, 3.63) is 72.0 Å². The van der Waals surface area contributed by atoms with E-state index < -0.39 is 6.04 Å². The molecule has 7 heteroatoms. The quantitative estimate of drug-likeness (QED) is 0.608. The van der Waals surface area contributed by atoms with Crippen molar-refractivity contribution in [3.8, 4) is 0 Å². The second-order valence-electron chi connectivity index (χ2n) is 7.97. The molecule has 0 saturated carbocycles. The highest BCUT2D eigenvalue weighted by molar-refractivity contribution is 5.95. The summed E-state index contributed by atoms with van der Waals surface area (Å²) in [7, 11) is 0. The van der Waals surface area contributed by atoms with Crippen LogP contribution in [0.15, 0.2) is 65.2 Å². The fourth-order valence-electron chi connectivity index (χ4n) is 3.75. The zero-order chi connectivity index (χ0) is 21.6. The number of aryl methyl sites for hydroxylation is 1. The van der Waals surface area contributed by atoms with E-state index in [1.54, 1.807) is 13.0 Å². The molecule has 0 spiro atoms. The molecule has 7 nitrogen and oxygen atoms in total. The van der Waals surface area contributed by atoms with E-state index in [1.807, 2.05) is 19.1 Å². The standard InChI is InChI=1S/C24H29N5O2/c1-18-16-23(27-31-18)26-24(30)19(2)25-21-8-10-22(11-9-21)29-14-12-28(13-15-29)17-20-6-4-3-5-7-20/h3-11,16,19,25H,12-15,17H2,1-2H3,(H,26,27,30). The lowest BCUT2D eigenvalue weighted by molar-refractivity contribution is -0.116. The van der Waals surface area contributed by atoms with Gasteiger partial charge in [-0.15, -0.1) is 0 Å². The van der Waals surface area contributed by atoms with Crippen LogP contribution in [0.3, 0.4) is 0 Å². The monoisotopic (exact) mass is 419 g/mol. The van der Waals surface area contributed by atoms with Crippen LogP contribution in [0.1, 0.15) is 18.2 Å². The zero-order valence-corrected chi connectivity index (χ0v) is 18.0. The number of hydrogen-bond acceptors (Lipinski definition) is 6.